The summed E-state index contributed by atoms with van der Waals surface area (Å²) in [7, 11) is 1.54. The number of pyridine rings is 1. The molecule has 0 radical (unpaired) electrons. The SMILES string of the molecule is COc1cc(C(=O)N2CCC3(CCCCOCCNC(=O)c4ccccc4OC3)CC2)ccn1. The second-order valence-electron chi connectivity index (χ2n) is 8.99. The summed E-state index contributed by atoms with van der Waals surface area (Å²) in [5.74, 6) is 0.870. The van der Waals surface area contributed by atoms with Crippen molar-refractivity contribution >= 4 is 11.8 Å². The molecular weight excluding hydrogens is 434 g/mol. The number of hydrogen-bond acceptors (Lipinski definition) is 6. The van der Waals surface area contributed by atoms with Crippen molar-refractivity contribution in [1.82, 2.24) is 15.2 Å². The highest BCUT2D eigenvalue weighted by atomic mass is 16.5. The van der Waals surface area contributed by atoms with E-state index >= 15 is 0 Å². The maximum absolute atomic E-state index is 13.1. The summed E-state index contributed by atoms with van der Waals surface area (Å²) in [6.45, 7) is 3.49. The van der Waals surface area contributed by atoms with Gasteiger partial charge in [-0.1, -0.05) is 18.6 Å². The second-order valence-corrected chi connectivity index (χ2v) is 8.99. The Kier molecular flexibility index (Phi) is 8.00. The van der Waals surface area contributed by atoms with Crippen LogP contribution < -0.4 is 14.8 Å². The number of aromatic nitrogens is 1. The standard InChI is InChI=1S/C26H33N3O5/c1-32-23-18-20(8-12-27-23)25(31)29-14-10-26(11-15-29)9-4-5-16-33-17-13-28-24(30)21-6-2-3-7-22(21)34-19-26/h2-3,6-8,12,18H,4-5,9-11,13-17,19H2,1H3,(H,28,30). The smallest absolute Gasteiger partial charge is 0.255 e. The van der Waals surface area contributed by atoms with E-state index in [1.807, 2.05) is 23.1 Å². The summed E-state index contributed by atoms with van der Waals surface area (Å²) >= 11 is 0. The number of carbonyl (C=O) groups excluding carboxylic acids is 2. The van der Waals surface area contributed by atoms with E-state index in [0.29, 0.717) is 62.2 Å². The minimum Gasteiger partial charge on any atom is -0.492 e. The van der Waals surface area contributed by atoms with Gasteiger partial charge in [0.15, 0.2) is 0 Å². The van der Waals surface area contributed by atoms with E-state index in [1.165, 1.54) is 0 Å². The van der Waals surface area contributed by atoms with Crippen LogP contribution in [-0.4, -0.2) is 68.3 Å². The molecule has 182 valence electrons. The van der Waals surface area contributed by atoms with Gasteiger partial charge in [0.05, 0.1) is 25.9 Å². The molecule has 4 rings (SSSR count). The molecule has 3 heterocycles. The van der Waals surface area contributed by atoms with Gasteiger partial charge in [0.1, 0.15) is 5.75 Å². The monoisotopic (exact) mass is 467 g/mol. The van der Waals surface area contributed by atoms with Crippen LogP contribution in [0.4, 0.5) is 0 Å². The minimum atomic E-state index is -0.154. The van der Waals surface area contributed by atoms with Crippen molar-refractivity contribution in [3.8, 4) is 11.6 Å². The van der Waals surface area contributed by atoms with Crippen LogP contribution in [-0.2, 0) is 4.74 Å². The quantitative estimate of drug-likeness (QED) is 0.729. The van der Waals surface area contributed by atoms with Crippen molar-refractivity contribution < 1.29 is 23.8 Å². The molecule has 1 N–H and O–H groups in total. The molecule has 2 aromatic rings. The van der Waals surface area contributed by atoms with Crippen molar-refractivity contribution in [3.63, 3.8) is 0 Å². The number of ether oxygens (including phenoxy) is 3. The van der Waals surface area contributed by atoms with Crippen LogP contribution >= 0.6 is 0 Å². The molecule has 34 heavy (non-hydrogen) atoms. The molecule has 1 fully saturated rings. The Bertz CT molecular complexity index is 988. The molecule has 1 saturated heterocycles. The van der Waals surface area contributed by atoms with Crippen molar-refractivity contribution in [1.29, 1.82) is 0 Å². The van der Waals surface area contributed by atoms with E-state index in [-0.39, 0.29) is 17.2 Å². The Morgan fingerprint density at radius 2 is 1.94 bits per heavy atom. The van der Waals surface area contributed by atoms with E-state index in [9.17, 15) is 9.59 Å². The van der Waals surface area contributed by atoms with Gasteiger partial charge in [-0.25, -0.2) is 4.98 Å². The lowest BCUT2D eigenvalue weighted by molar-refractivity contribution is 0.0340. The first kappa shape index (κ1) is 24.0. The van der Waals surface area contributed by atoms with Gasteiger partial charge in [-0.05, 0) is 43.9 Å². The topological polar surface area (TPSA) is 90.0 Å². The molecule has 8 nitrogen and oxygen atoms in total. The van der Waals surface area contributed by atoms with Crippen LogP contribution in [0.3, 0.4) is 0 Å². The summed E-state index contributed by atoms with van der Waals surface area (Å²) in [4.78, 5) is 31.7. The number of likely N-dealkylation sites (tertiary alicyclic amines) is 1. The number of para-hydroxylation sites is 1. The van der Waals surface area contributed by atoms with Crippen LogP contribution in [0, 0.1) is 5.41 Å². The molecule has 1 aromatic heterocycles. The van der Waals surface area contributed by atoms with E-state index < -0.39 is 0 Å². The lowest BCUT2D eigenvalue weighted by Gasteiger charge is -2.42. The van der Waals surface area contributed by atoms with Gasteiger partial charge in [0.25, 0.3) is 11.8 Å². The van der Waals surface area contributed by atoms with Crippen LogP contribution in [0.1, 0.15) is 52.8 Å². The largest absolute Gasteiger partial charge is 0.492 e. The number of carbonyl (C=O) groups is 2. The predicted molar refractivity (Wildman–Crippen MR) is 127 cm³/mol. The van der Waals surface area contributed by atoms with E-state index in [0.717, 1.165) is 32.1 Å². The molecule has 2 aliphatic rings. The van der Waals surface area contributed by atoms with Gasteiger partial charge in [-0.15, -0.1) is 0 Å². The third kappa shape index (κ3) is 5.86. The predicted octanol–water partition coefficient (Wildman–Crippen LogP) is 3.32. The van der Waals surface area contributed by atoms with E-state index in [4.69, 9.17) is 14.2 Å². The summed E-state index contributed by atoms with van der Waals surface area (Å²) in [6, 6.07) is 10.8. The highest BCUT2D eigenvalue weighted by molar-refractivity contribution is 5.97. The van der Waals surface area contributed by atoms with Crippen molar-refractivity contribution in [2.45, 2.75) is 32.1 Å². The zero-order valence-electron chi connectivity index (χ0n) is 19.8. The number of hydrogen-bond donors (Lipinski definition) is 1. The summed E-state index contributed by atoms with van der Waals surface area (Å²) < 4.78 is 17.1. The van der Waals surface area contributed by atoms with Crippen LogP contribution in [0.25, 0.3) is 0 Å². The Labute approximate surface area is 200 Å². The van der Waals surface area contributed by atoms with Crippen LogP contribution in [0.5, 0.6) is 11.6 Å². The van der Waals surface area contributed by atoms with Gasteiger partial charge in [-0.3, -0.25) is 9.59 Å². The Morgan fingerprint density at radius 3 is 2.76 bits per heavy atom. The third-order valence-corrected chi connectivity index (χ3v) is 6.75. The highest BCUT2D eigenvalue weighted by Crippen LogP contribution is 2.38. The molecule has 0 saturated carbocycles. The summed E-state index contributed by atoms with van der Waals surface area (Å²) in [5.41, 5.74) is 1.07. The maximum Gasteiger partial charge on any atom is 0.255 e. The number of nitrogens with zero attached hydrogens (tertiary/aromatic N) is 2. The van der Waals surface area contributed by atoms with E-state index in [2.05, 4.69) is 10.3 Å². The molecule has 0 unspecified atom stereocenters. The van der Waals surface area contributed by atoms with Crippen LogP contribution in [0.2, 0.25) is 0 Å². The number of benzene rings is 1. The summed E-state index contributed by atoms with van der Waals surface area (Å²) in [5, 5.41) is 2.90. The van der Waals surface area contributed by atoms with E-state index in [1.54, 1.807) is 31.5 Å². The van der Waals surface area contributed by atoms with Gasteiger partial charge < -0.3 is 24.4 Å². The average Bonchev–Trinajstić information content (AvgIpc) is 2.89. The Morgan fingerprint density at radius 1 is 1.12 bits per heavy atom. The normalized spacial score (nSPS) is 19.3. The number of amides is 2. The molecule has 0 bridgehead atoms. The number of piperidine rings is 1. The zero-order chi connectivity index (χ0) is 23.8. The highest BCUT2D eigenvalue weighted by Gasteiger charge is 2.37. The Hall–Kier alpha value is -3.13. The van der Waals surface area contributed by atoms with Gasteiger partial charge in [0.2, 0.25) is 5.88 Å². The molecule has 0 aliphatic carbocycles. The molecule has 1 aromatic carbocycles. The van der Waals surface area contributed by atoms with Crippen LogP contribution in [0.15, 0.2) is 42.6 Å². The fraction of sp³-hybridized carbons (Fsp3) is 0.500. The lowest BCUT2D eigenvalue weighted by atomic mass is 9.75. The molecule has 8 heteroatoms. The molecular formula is C26H33N3O5. The van der Waals surface area contributed by atoms with Gasteiger partial charge >= 0.3 is 0 Å². The average molecular weight is 468 g/mol. The summed E-state index contributed by atoms with van der Waals surface area (Å²) in [6.07, 6.45) is 6.28. The third-order valence-electron chi connectivity index (χ3n) is 6.75. The van der Waals surface area contributed by atoms with Gasteiger partial charge in [-0.2, -0.15) is 0 Å². The first-order valence-corrected chi connectivity index (χ1v) is 12.0. The Balaban J connectivity index is 1.47. The van der Waals surface area contributed by atoms with Crippen molar-refractivity contribution in [2.75, 3.05) is 46.6 Å². The molecule has 0 atom stereocenters. The number of fused-ring (bicyclic) bond motifs is 1. The fourth-order valence-electron chi connectivity index (χ4n) is 4.64. The molecule has 2 aliphatic heterocycles. The minimum absolute atomic E-state index is 0.00669. The van der Waals surface area contributed by atoms with Gasteiger partial charge in [0, 0.05) is 49.5 Å². The molecule has 1 spiro atoms. The number of rotatable bonds is 2. The fourth-order valence-corrected chi connectivity index (χ4v) is 4.64. The van der Waals surface area contributed by atoms with Crippen molar-refractivity contribution in [3.05, 3.63) is 53.7 Å². The number of nitrogens with one attached hydrogen (secondary N) is 1. The zero-order valence-corrected chi connectivity index (χ0v) is 19.8. The first-order valence-electron chi connectivity index (χ1n) is 12.0. The maximum atomic E-state index is 13.1. The second kappa shape index (κ2) is 11.3. The lowest BCUT2D eigenvalue weighted by Crippen LogP contribution is -2.45. The first-order chi connectivity index (χ1) is 16.6. The molecule has 2 amide bonds. The number of methoxy groups -OCH3 is 1. The van der Waals surface area contributed by atoms with Crippen molar-refractivity contribution in [2.24, 2.45) is 5.41 Å².